The van der Waals surface area contributed by atoms with Gasteiger partial charge in [0.1, 0.15) is 0 Å². The van der Waals surface area contributed by atoms with Crippen LogP contribution >= 0.6 is 0 Å². The molecular formula is C26H43Sn. The Balaban J connectivity index is 2.02. The predicted molar refractivity (Wildman–Crippen MR) is 122 cm³/mol. The SMILES string of the molecule is CC(C)[C@H]1CC[C@H](C)C[C@@H]1[Sn]([c]1ccccc1)[C@H]1C[C@@H](C)CC[C@H]1C(C)C. The first kappa shape index (κ1) is 21.7. The van der Waals surface area contributed by atoms with Crippen molar-refractivity contribution >= 4 is 23.3 Å². The van der Waals surface area contributed by atoms with Crippen LogP contribution in [-0.4, -0.2) is 19.8 Å². The molecule has 0 aromatic heterocycles. The predicted octanol–water partition coefficient (Wildman–Crippen LogP) is 7.31. The van der Waals surface area contributed by atoms with Crippen LogP contribution in [0.2, 0.25) is 7.87 Å². The third-order valence-electron chi connectivity index (χ3n) is 7.95. The zero-order valence-electron chi connectivity index (χ0n) is 18.7. The molecule has 6 atom stereocenters. The Labute approximate surface area is 176 Å². The van der Waals surface area contributed by atoms with E-state index >= 15 is 0 Å². The summed E-state index contributed by atoms with van der Waals surface area (Å²) < 4.78 is 3.97. The molecule has 2 saturated carbocycles. The van der Waals surface area contributed by atoms with Gasteiger partial charge >= 0.3 is 177 Å². The zero-order valence-corrected chi connectivity index (χ0v) is 21.6. The Hall–Kier alpha value is 0.0187. The summed E-state index contributed by atoms with van der Waals surface area (Å²) in [6.07, 6.45) is 8.99. The van der Waals surface area contributed by atoms with Gasteiger partial charge in [0.05, 0.1) is 0 Å². The summed E-state index contributed by atoms with van der Waals surface area (Å²) >= 11 is -1.82. The van der Waals surface area contributed by atoms with Crippen LogP contribution in [0.3, 0.4) is 0 Å². The molecule has 0 nitrogen and oxygen atoms in total. The molecule has 0 amide bonds. The van der Waals surface area contributed by atoms with Gasteiger partial charge < -0.3 is 0 Å². The number of rotatable bonds is 5. The van der Waals surface area contributed by atoms with Gasteiger partial charge in [-0.25, -0.2) is 0 Å². The number of hydrogen-bond acceptors (Lipinski definition) is 0. The molecule has 1 aromatic carbocycles. The fourth-order valence-electron chi connectivity index (χ4n) is 6.45. The van der Waals surface area contributed by atoms with Crippen LogP contribution < -0.4 is 3.58 Å². The van der Waals surface area contributed by atoms with E-state index in [1.165, 1.54) is 38.5 Å². The van der Waals surface area contributed by atoms with E-state index in [4.69, 9.17) is 0 Å². The summed E-state index contributed by atoms with van der Waals surface area (Å²) in [5.74, 6) is 5.59. The molecule has 1 aromatic rings. The molecule has 0 unspecified atom stereocenters. The fourth-order valence-corrected chi connectivity index (χ4v) is 21.6. The second-order valence-corrected chi connectivity index (χ2v) is 19.2. The van der Waals surface area contributed by atoms with Gasteiger partial charge in [0, 0.05) is 0 Å². The summed E-state index contributed by atoms with van der Waals surface area (Å²) in [4.78, 5) is 0. The van der Waals surface area contributed by atoms with Crippen LogP contribution in [0.25, 0.3) is 0 Å². The van der Waals surface area contributed by atoms with Gasteiger partial charge in [0.2, 0.25) is 0 Å². The van der Waals surface area contributed by atoms with Crippen LogP contribution in [0.4, 0.5) is 0 Å². The molecule has 0 bridgehead atoms. The van der Waals surface area contributed by atoms with Gasteiger partial charge in [0.15, 0.2) is 0 Å². The number of benzene rings is 1. The Morgan fingerprint density at radius 3 is 1.56 bits per heavy atom. The summed E-state index contributed by atoms with van der Waals surface area (Å²) in [5.41, 5.74) is 0. The molecule has 0 aliphatic heterocycles. The van der Waals surface area contributed by atoms with Gasteiger partial charge in [-0.05, 0) is 0 Å². The van der Waals surface area contributed by atoms with Crippen LogP contribution in [0, 0.1) is 35.5 Å². The molecule has 27 heavy (non-hydrogen) atoms. The Bertz CT molecular complexity index is 531. The molecule has 151 valence electrons. The molecule has 0 saturated heterocycles. The first-order valence-electron chi connectivity index (χ1n) is 11.8. The van der Waals surface area contributed by atoms with Crippen molar-refractivity contribution in [1.29, 1.82) is 0 Å². The first-order chi connectivity index (χ1) is 12.9. The summed E-state index contributed by atoms with van der Waals surface area (Å²) in [6, 6.07) is 12.0. The van der Waals surface area contributed by atoms with Gasteiger partial charge in [-0.1, -0.05) is 0 Å². The quantitative estimate of drug-likeness (QED) is 0.393. The van der Waals surface area contributed by atoms with Crippen molar-refractivity contribution in [3.8, 4) is 0 Å². The van der Waals surface area contributed by atoms with Gasteiger partial charge in [-0.3, -0.25) is 0 Å². The maximum atomic E-state index is 2.54. The molecule has 0 heterocycles. The normalized spacial score (nSPS) is 35.1. The Morgan fingerprint density at radius 2 is 1.15 bits per heavy atom. The third kappa shape index (κ3) is 5.14. The second-order valence-electron chi connectivity index (χ2n) is 10.7. The van der Waals surface area contributed by atoms with Gasteiger partial charge in [-0.15, -0.1) is 0 Å². The standard InChI is InChI=1S/2C10H19.C6H5.Sn/c2*1-8(2)10-6-4-9(3)5-7-10;1-2-4-6-5-3-1;/h2*6,8-10H,4-5,7H2,1-3H3;1-5H;/t9-,10+;9-,10-;;/m11../s1. The van der Waals surface area contributed by atoms with Crippen molar-refractivity contribution in [3.63, 3.8) is 0 Å². The minimum atomic E-state index is -1.82. The summed E-state index contributed by atoms with van der Waals surface area (Å²) in [6.45, 7) is 15.1. The molecule has 1 heteroatoms. The van der Waals surface area contributed by atoms with Crippen molar-refractivity contribution in [1.82, 2.24) is 0 Å². The molecule has 2 aliphatic rings. The van der Waals surface area contributed by atoms with E-state index in [1.54, 1.807) is 0 Å². The maximum absolute atomic E-state index is 2.54. The monoisotopic (exact) mass is 475 g/mol. The van der Waals surface area contributed by atoms with Crippen molar-refractivity contribution in [3.05, 3.63) is 30.3 Å². The topological polar surface area (TPSA) is 0 Å². The summed E-state index contributed by atoms with van der Waals surface area (Å²) in [5, 5.41) is 0. The first-order valence-corrected chi connectivity index (χ1v) is 16.5. The average Bonchev–Trinajstić information content (AvgIpc) is 2.62. The van der Waals surface area contributed by atoms with Crippen LogP contribution in [0.5, 0.6) is 0 Å². The van der Waals surface area contributed by atoms with E-state index in [2.05, 4.69) is 71.9 Å². The number of hydrogen-bond donors (Lipinski definition) is 0. The molecule has 2 aliphatic carbocycles. The molecule has 0 spiro atoms. The molecular weight excluding hydrogens is 431 g/mol. The van der Waals surface area contributed by atoms with E-state index in [9.17, 15) is 0 Å². The van der Waals surface area contributed by atoms with Gasteiger partial charge in [-0.2, -0.15) is 0 Å². The zero-order chi connectivity index (χ0) is 19.6. The fraction of sp³-hybridized carbons (Fsp3) is 0.769. The van der Waals surface area contributed by atoms with Crippen molar-refractivity contribution in [2.45, 2.75) is 87.9 Å². The second kappa shape index (κ2) is 9.68. The molecule has 0 N–H and O–H groups in total. The van der Waals surface area contributed by atoms with Crippen LogP contribution in [-0.2, 0) is 0 Å². The van der Waals surface area contributed by atoms with Crippen molar-refractivity contribution < 1.29 is 0 Å². The average molecular weight is 474 g/mol. The van der Waals surface area contributed by atoms with E-state index in [-0.39, 0.29) is 0 Å². The van der Waals surface area contributed by atoms with Crippen LogP contribution in [0.1, 0.15) is 80.1 Å². The minimum absolute atomic E-state index is 0.861. The van der Waals surface area contributed by atoms with Crippen molar-refractivity contribution in [2.24, 2.45) is 35.5 Å². The van der Waals surface area contributed by atoms with E-state index in [0.29, 0.717) is 0 Å². The van der Waals surface area contributed by atoms with Crippen molar-refractivity contribution in [2.75, 3.05) is 0 Å². The van der Waals surface area contributed by atoms with E-state index in [1.807, 2.05) is 3.58 Å². The Kier molecular flexibility index (Phi) is 7.79. The van der Waals surface area contributed by atoms with E-state index in [0.717, 1.165) is 43.4 Å². The van der Waals surface area contributed by atoms with E-state index < -0.39 is 19.8 Å². The Morgan fingerprint density at radius 1 is 0.704 bits per heavy atom. The molecule has 1 radical (unpaired) electrons. The summed E-state index contributed by atoms with van der Waals surface area (Å²) in [7, 11) is 0. The van der Waals surface area contributed by atoms with Gasteiger partial charge in [0.25, 0.3) is 0 Å². The molecule has 2 fully saturated rings. The third-order valence-corrected chi connectivity index (χ3v) is 19.2. The molecule has 3 rings (SSSR count). The van der Waals surface area contributed by atoms with Crippen LogP contribution in [0.15, 0.2) is 30.3 Å².